The van der Waals surface area contributed by atoms with E-state index >= 15 is 0 Å². The zero-order chi connectivity index (χ0) is 13.1. The molecule has 1 atom stereocenters. The third-order valence-corrected chi connectivity index (χ3v) is 3.79. The Balaban J connectivity index is 2.02. The number of benzene rings is 1. The highest BCUT2D eigenvalue weighted by atomic mass is 79.9. The molecule has 18 heavy (non-hydrogen) atoms. The van der Waals surface area contributed by atoms with Gasteiger partial charge >= 0.3 is 0 Å². The second-order valence-corrected chi connectivity index (χ2v) is 5.79. The largest absolute Gasteiger partial charge is 0.378 e. The maximum atomic E-state index is 11.9. The number of anilines is 1. The molecule has 0 saturated carbocycles. The summed E-state index contributed by atoms with van der Waals surface area (Å²) in [5.41, 5.74) is 6.15. The Morgan fingerprint density at radius 3 is 2.72 bits per heavy atom. The predicted molar refractivity (Wildman–Crippen MR) is 75.4 cm³/mol. The normalized spacial score (nSPS) is 19.3. The second-order valence-electron chi connectivity index (χ2n) is 3.65. The van der Waals surface area contributed by atoms with E-state index in [4.69, 9.17) is 5.73 Å². The minimum absolute atomic E-state index is 0.0771. The number of aliphatic imine (C=N–C) groups is 1. The van der Waals surface area contributed by atoms with Crippen LogP contribution in [0, 0.1) is 0 Å². The van der Waals surface area contributed by atoms with Gasteiger partial charge in [0.05, 0.1) is 6.42 Å². The number of rotatable bonds is 2. The van der Waals surface area contributed by atoms with E-state index in [1.807, 2.05) is 12.1 Å². The number of thioether (sulfide) groups is 1. The molecule has 0 aromatic heterocycles. The van der Waals surface area contributed by atoms with Crippen molar-refractivity contribution in [3.8, 4) is 0 Å². The van der Waals surface area contributed by atoms with Crippen LogP contribution in [0.4, 0.5) is 5.69 Å². The van der Waals surface area contributed by atoms with Crippen LogP contribution in [0.1, 0.15) is 6.42 Å². The molecule has 0 unspecified atom stereocenters. The third kappa shape index (κ3) is 3.33. The lowest BCUT2D eigenvalue weighted by Gasteiger charge is -2.17. The van der Waals surface area contributed by atoms with Gasteiger partial charge in [0.1, 0.15) is 5.25 Å². The van der Waals surface area contributed by atoms with Gasteiger partial charge in [-0.15, -0.1) is 0 Å². The summed E-state index contributed by atoms with van der Waals surface area (Å²) in [6.07, 6.45) is 0.0771. The highest BCUT2D eigenvalue weighted by Gasteiger charge is 2.27. The summed E-state index contributed by atoms with van der Waals surface area (Å²) < 4.78 is 0.930. The fourth-order valence-corrected chi connectivity index (χ4v) is 2.55. The molecule has 1 aliphatic heterocycles. The van der Waals surface area contributed by atoms with Gasteiger partial charge < -0.3 is 11.1 Å². The standard InChI is InChI=1S/C11H10BrN3O2S/c12-6-1-3-7(4-2-6)14-10(17)8-5-9(16)15-11(13)18-8/h1-4,8H,5H2,(H,14,17)(H2,13,15,16)/t8-/m0/s1. The van der Waals surface area contributed by atoms with Gasteiger partial charge in [-0.2, -0.15) is 4.99 Å². The zero-order valence-electron chi connectivity index (χ0n) is 9.22. The summed E-state index contributed by atoms with van der Waals surface area (Å²) in [6.45, 7) is 0. The van der Waals surface area contributed by atoms with Gasteiger partial charge in [-0.3, -0.25) is 9.59 Å². The van der Waals surface area contributed by atoms with Crippen LogP contribution in [-0.4, -0.2) is 22.2 Å². The molecule has 2 amide bonds. The molecule has 1 aromatic carbocycles. The van der Waals surface area contributed by atoms with Gasteiger partial charge in [-0.25, -0.2) is 0 Å². The maximum Gasteiger partial charge on any atom is 0.249 e. The van der Waals surface area contributed by atoms with Crippen molar-refractivity contribution < 1.29 is 9.59 Å². The molecule has 3 N–H and O–H groups in total. The van der Waals surface area contributed by atoms with Crippen LogP contribution in [0.3, 0.4) is 0 Å². The van der Waals surface area contributed by atoms with Crippen molar-refractivity contribution in [2.75, 3.05) is 5.32 Å². The molecule has 1 aromatic rings. The Hall–Kier alpha value is -1.34. The molecule has 0 fully saturated rings. The first-order valence-corrected chi connectivity index (χ1v) is 6.82. The molecular weight excluding hydrogens is 318 g/mol. The number of nitrogens with two attached hydrogens (primary N) is 1. The van der Waals surface area contributed by atoms with Gasteiger partial charge in [0.25, 0.3) is 0 Å². The number of nitrogens with one attached hydrogen (secondary N) is 1. The summed E-state index contributed by atoms with van der Waals surface area (Å²) in [6, 6.07) is 7.19. The van der Waals surface area contributed by atoms with E-state index in [1.165, 1.54) is 0 Å². The number of carbonyl (C=O) groups is 2. The summed E-state index contributed by atoms with van der Waals surface area (Å²) in [5.74, 6) is -0.601. The van der Waals surface area contributed by atoms with Crippen molar-refractivity contribution >= 4 is 50.4 Å². The molecule has 0 radical (unpaired) electrons. The molecule has 2 rings (SSSR count). The van der Waals surface area contributed by atoms with Crippen molar-refractivity contribution in [2.24, 2.45) is 10.7 Å². The highest BCUT2D eigenvalue weighted by Crippen LogP contribution is 2.22. The molecule has 0 saturated heterocycles. The van der Waals surface area contributed by atoms with Gasteiger partial charge in [0.2, 0.25) is 11.8 Å². The molecule has 94 valence electrons. The van der Waals surface area contributed by atoms with E-state index in [9.17, 15) is 9.59 Å². The SMILES string of the molecule is NC1=NC(=O)C[C@@H](C(=O)Nc2ccc(Br)cc2)S1. The van der Waals surface area contributed by atoms with Crippen molar-refractivity contribution in [3.05, 3.63) is 28.7 Å². The van der Waals surface area contributed by atoms with Crippen molar-refractivity contribution in [1.29, 1.82) is 0 Å². The molecule has 1 aliphatic rings. The fourth-order valence-electron chi connectivity index (χ4n) is 1.44. The van der Waals surface area contributed by atoms with Crippen LogP contribution >= 0.6 is 27.7 Å². The van der Waals surface area contributed by atoms with Crippen LogP contribution < -0.4 is 11.1 Å². The Morgan fingerprint density at radius 1 is 1.44 bits per heavy atom. The molecule has 0 spiro atoms. The van der Waals surface area contributed by atoms with Crippen LogP contribution in [0.25, 0.3) is 0 Å². The average molecular weight is 328 g/mol. The number of hydrogen-bond acceptors (Lipinski definition) is 4. The smallest absolute Gasteiger partial charge is 0.249 e. The van der Waals surface area contributed by atoms with E-state index in [-0.39, 0.29) is 23.4 Å². The molecule has 7 heteroatoms. The number of carbonyl (C=O) groups excluding carboxylic acids is 2. The molecule has 1 heterocycles. The van der Waals surface area contributed by atoms with Gasteiger partial charge in [0.15, 0.2) is 5.17 Å². The van der Waals surface area contributed by atoms with Crippen molar-refractivity contribution in [2.45, 2.75) is 11.7 Å². The minimum atomic E-state index is -0.515. The first-order chi connectivity index (χ1) is 8.54. The number of halogens is 1. The summed E-state index contributed by atoms with van der Waals surface area (Å²) in [5, 5.41) is 2.36. The number of nitrogens with zero attached hydrogens (tertiary/aromatic N) is 1. The van der Waals surface area contributed by atoms with E-state index in [1.54, 1.807) is 12.1 Å². The molecule has 0 bridgehead atoms. The fraction of sp³-hybridized carbons (Fsp3) is 0.182. The minimum Gasteiger partial charge on any atom is -0.378 e. The van der Waals surface area contributed by atoms with Gasteiger partial charge in [-0.1, -0.05) is 27.7 Å². The monoisotopic (exact) mass is 327 g/mol. The Morgan fingerprint density at radius 2 is 2.11 bits per heavy atom. The van der Waals surface area contributed by atoms with Crippen molar-refractivity contribution in [1.82, 2.24) is 0 Å². The lowest BCUT2D eigenvalue weighted by atomic mass is 10.2. The van der Waals surface area contributed by atoms with Crippen LogP contribution in [0.2, 0.25) is 0 Å². The lowest BCUT2D eigenvalue weighted by Crippen LogP contribution is -2.33. The van der Waals surface area contributed by atoms with Crippen LogP contribution in [-0.2, 0) is 9.59 Å². The van der Waals surface area contributed by atoms with E-state index in [0.29, 0.717) is 5.69 Å². The predicted octanol–water partition coefficient (Wildman–Crippen LogP) is 1.73. The molecule has 5 nitrogen and oxygen atoms in total. The lowest BCUT2D eigenvalue weighted by molar-refractivity contribution is -0.121. The van der Waals surface area contributed by atoms with Crippen LogP contribution in [0.5, 0.6) is 0 Å². The number of amidine groups is 1. The molecule has 0 aliphatic carbocycles. The van der Waals surface area contributed by atoms with E-state index in [2.05, 4.69) is 26.2 Å². The van der Waals surface area contributed by atoms with E-state index < -0.39 is 5.25 Å². The van der Waals surface area contributed by atoms with Gasteiger partial charge in [0, 0.05) is 10.2 Å². The molecular formula is C11H10BrN3O2S. The first kappa shape index (κ1) is 13.1. The van der Waals surface area contributed by atoms with Gasteiger partial charge in [-0.05, 0) is 24.3 Å². The Kier molecular flexibility index (Phi) is 4.03. The number of hydrogen-bond donors (Lipinski definition) is 2. The first-order valence-electron chi connectivity index (χ1n) is 5.14. The highest BCUT2D eigenvalue weighted by molar-refractivity contribution is 9.10. The van der Waals surface area contributed by atoms with Crippen LogP contribution in [0.15, 0.2) is 33.7 Å². The number of amides is 2. The summed E-state index contributed by atoms with van der Waals surface area (Å²) in [4.78, 5) is 26.7. The quantitative estimate of drug-likeness (QED) is 0.866. The average Bonchev–Trinajstić information content (AvgIpc) is 2.31. The Bertz CT molecular complexity index is 516. The summed E-state index contributed by atoms with van der Waals surface area (Å²) in [7, 11) is 0. The topological polar surface area (TPSA) is 84.5 Å². The third-order valence-electron chi connectivity index (χ3n) is 2.26. The zero-order valence-corrected chi connectivity index (χ0v) is 11.6. The van der Waals surface area contributed by atoms with Crippen molar-refractivity contribution in [3.63, 3.8) is 0 Å². The maximum absolute atomic E-state index is 11.9. The summed E-state index contributed by atoms with van der Waals surface area (Å²) >= 11 is 4.42. The van der Waals surface area contributed by atoms with E-state index in [0.717, 1.165) is 16.2 Å². The second kappa shape index (κ2) is 5.53. The Labute approximate surface area is 116 Å².